The zero-order valence-electron chi connectivity index (χ0n) is 15.2. The number of ether oxygens (including phenoxy) is 3. The monoisotopic (exact) mass is 433 g/mol. The Bertz CT molecular complexity index is 821. The molecule has 1 atom stereocenters. The molecular weight excluding hydrogens is 415 g/mol. The van der Waals surface area contributed by atoms with Crippen molar-refractivity contribution in [2.75, 3.05) is 13.7 Å². The Labute approximate surface area is 171 Å². The van der Waals surface area contributed by atoms with E-state index in [1.54, 1.807) is 31.2 Å². The average molecular weight is 434 g/mol. The van der Waals surface area contributed by atoms with Gasteiger partial charge in [0.1, 0.15) is 10.8 Å². The van der Waals surface area contributed by atoms with E-state index in [0.29, 0.717) is 22.8 Å². The van der Waals surface area contributed by atoms with Gasteiger partial charge in [0.15, 0.2) is 17.6 Å². The molecule has 0 fully saturated rings. The summed E-state index contributed by atoms with van der Waals surface area (Å²) in [4.78, 5) is 12.2. The lowest BCUT2D eigenvalue weighted by atomic mass is 10.1. The van der Waals surface area contributed by atoms with Crippen LogP contribution in [0.2, 0.25) is 10.0 Å². The van der Waals surface area contributed by atoms with E-state index in [-0.39, 0.29) is 29.0 Å². The maximum atomic E-state index is 12.5. The van der Waals surface area contributed by atoms with Crippen LogP contribution in [0.1, 0.15) is 12.5 Å². The van der Waals surface area contributed by atoms with Gasteiger partial charge in [-0.25, -0.2) is 0 Å². The highest BCUT2D eigenvalue weighted by molar-refractivity contribution is 6.42. The second-order valence-electron chi connectivity index (χ2n) is 5.72. The van der Waals surface area contributed by atoms with Crippen molar-refractivity contribution >= 4 is 29.1 Å². The summed E-state index contributed by atoms with van der Waals surface area (Å²) in [7, 11) is 1.36. The second-order valence-corrected chi connectivity index (χ2v) is 6.50. The predicted molar refractivity (Wildman–Crippen MR) is 103 cm³/mol. The summed E-state index contributed by atoms with van der Waals surface area (Å²) in [5.74, 6) is 0.0940. The number of nitrogens with one attached hydrogen (secondary N) is 1. The van der Waals surface area contributed by atoms with Gasteiger partial charge >= 0.3 is 6.61 Å². The fraction of sp³-hybridized carbons (Fsp3) is 0.316. The molecule has 0 aliphatic carbocycles. The lowest BCUT2D eigenvalue weighted by Crippen LogP contribution is -2.37. The number of halogens is 4. The van der Waals surface area contributed by atoms with Crippen molar-refractivity contribution < 1.29 is 27.8 Å². The Morgan fingerprint density at radius 1 is 1.11 bits per heavy atom. The topological polar surface area (TPSA) is 56.8 Å². The van der Waals surface area contributed by atoms with Crippen molar-refractivity contribution in [1.29, 1.82) is 0 Å². The first-order chi connectivity index (χ1) is 13.3. The maximum absolute atomic E-state index is 12.5. The van der Waals surface area contributed by atoms with Crippen LogP contribution >= 0.6 is 23.2 Å². The Balaban J connectivity index is 1.90. The number of alkyl halides is 2. The van der Waals surface area contributed by atoms with Crippen molar-refractivity contribution in [2.45, 2.75) is 26.1 Å². The molecule has 0 aliphatic heterocycles. The van der Waals surface area contributed by atoms with E-state index < -0.39 is 12.7 Å². The van der Waals surface area contributed by atoms with E-state index in [0.717, 1.165) is 0 Å². The first kappa shape index (κ1) is 22.0. The summed E-state index contributed by atoms with van der Waals surface area (Å²) in [5, 5.41) is 3.27. The van der Waals surface area contributed by atoms with Crippen molar-refractivity contribution in [3.8, 4) is 17.2 Å². The van der Waals surface area contributed by atoms with Crippen molar-refractivity contribution in [3.05, 3.63) is 52.0 Å². The highest BCUT2D eigenvalue weighted by atomic mass is 35.5. The fourth-order valence-corrected chi connectivity index (χ4v) is 2.69. The molecule has 1 unspecified atom stereocenters. The van der Waals surface area contributed by atoms with Gasteiger partial charge in [-0.1, -0.05) is 35.3 Å². The molecule has 0 bridgehead atoms. The third kappa shape index (κ3) is 6.14. The molecule has 152 valence electrons. The van der Waals surface area contributed by atoms with Crippen LogP contribution in [0.3, 0.4) is 0 Å². The number of methoxy groups -OCH3 is 1. The molecule has 2 rings (SSSR count). The normalized spacial score (nSPS) is 11.8. The summed E-state index contributed by atoms with van der Waals surface area (Å²) < 4.78 is 39.9. The zero-order chi connectivity index (χ0) is 20.7. The van der Waals surface area contributed by atoms with Crippen LogP contribution < -0.4 is 19.5 Å². The van der Waals surface area contributed by atoms with Gasteiger partial charge < -0.3 is 19.5 Å². The van der Waals surface area contributed by atoms with Gasteiger partial charge in [0.25, 0.3) is 5.91 Å². The molecule has 2 aromatic rings. The lowest BCUT2D eigenvalue weighted by molar-refractivity contribution is -0.127. The van der Waals surface area contributed by atoms with Gasteiger partial charge in [-0.3, -0.25) is 4.79 Å². The van der Waals surface area contributed by atoms with E-state index in [1.807, 2.05) is 0 Å². The van der Waals surface area contributed by atoms with Crippen LogP contribution in [0, 0.1) is 0 Å². The Morgan fingerprint density at radius 2 is 1.86 bits per heavy atom. The molecule has 0 saturated heterocycles. The van der Waals surface area contributed by atoms with Gasteiger partial charge in [0.05, 0.1) is 12.1 Å². The summed E-state index contributed by atoms with van der Waals surface area (Å²) >= 11 is 12.0. The van der Waals surface area contributed by atoms with Crippen LogP contribution in [0.25, 0.3) is 0 Å². The number of rotatable bonds is 9. The SMILES string of the molecule is COc1ccc(CCNC(=O)C(C)Oc2cccc(Cl)c2Cl)cc1OC(F)F. The minimum atomic E-state index is -2.96. The summed E-state index contributed by atoms with van der Waals surface area (Å²) in [5.41, 5.74) is 0.697. The largest absolute Gasteiger partial charge is 0.493 e. The first-order valence-electron chi connectivity index (χ1n) is 8.32. The first-order valence-corrected chi connectivity index (χ1v) is 9.07. The van der Waals surface area contributed by atoms with Gasteiger partial charge in [0.2, 0.25) is 0 Å². The third-order valence-corrected chi connectivity index (χ3v) is 4.55. The fourth-order valence-electron chi connectivity index (χ4n) is 2.36. The Kier molecular flexibility index (Phi) is 8.14. The van der Waals surface area contributed by atoms with Gasteiger partial charge in [-0.15, -0.1) is 0 Å². The summed E-state index contributed by atoms with van der Waals surface area (Å²) in [6.45, 7) is -1.11. The van der Waals surface area contributed by atoms with E-state index >= 15 is 0 Å². The van der Waals surface area contributed by atoms with E-state index in [4.69, 9.17) is 32.7 Å². The molecule has 0 heterocycles. The number of benzene rings is 2. The molecular formula is C19H19Cl2F2NO4. The van der Waals surface area contributed by atoms with Crippen LogP contribution in [-0.2, 0) is 11.2 Å². The number of hydrogen-bond acceptors (Lipinski definition) is 4. The van der Waals surface area contributed by atoms with Crippen molar-refractivity contribution in [3.63, 3.8) is 0 Å². The van der Waals surface area contributed by atoms with Gasteiger partial charge in [0, 0.05) is 6.54 Å². The molecule has 0 spiro atoms. The lowest BCUT2D eigenvalue weighted by Gasteiger charge is -2.16. The number of hydrogen-bond donors (Lipinski definition) is 1. The smallest absolute Gasteiger partial charge is 0.387 e. The highest BCUT2D eigenvalue weighted by Gasteiger charge is 2.17. The maximum Gasteiger partial charge on any atom is 0.387 e. The molecule has 5 nitrogen and oxygen atoms in total. The second kappa shape index (κ2) is 10.3. The molecule has 0 aromatic heterocycles. The molecule has 2 aromatic carbocycles. The van der Waals surface area contributed by atoms with Gasteiger partial charge in [-0.2, -0.15) is 8.78 Å². The molecule has 28 heavy (non-hydrogen) atoms. The van der Waals surface area contributed by atoms with E-state index in [2.05, 4.69) is 10.1 Å². The van der Waals surface area contributed by atoms with Crippen LogP contribution in [0.15, 0.2) is 36.4 Å². The Hall–Kier alpha value is -2.25. The van der Waals surface area contributed by atoms with Crippen LogP contribution in [0.5, 0.6) is 17.2 Å². The minimum absolute atomic E-state index is 0.0615. The number of carbonyl (C=O) groups is 1. The molecule has 0 radical (unpaired) electrons. The molecule has 0 aliphatic rings. The predicted octanol–water partition coefficient (Wildman–Crippen LogP) is 4.73. The van der Waals surface area contributed by atoms with Crippen molar-refractivity contribution in [1.82, 2.24) is 5.32 Å². The zero-order valence-corrected chi connectivity index (χ0v) is 16.7. The summed E-state index contributed by atoms with van der Waals surface area (Å²) in [6.07, 6.45) is -0.399. The van der Waals surface area contributed by atoms with Gasteiger partial charge in [-0.05, 0) is 43.2 Å². The highest BCUT2D eigenvalue weighted by Crippen LogP contribution is 2.32. The van der Waals surface area contributed by atoms with Crippen LogP contribution in [-0.4, -0.2) is 32.3 Å². The van der Waals surface area contributed by atoms with Crippen molar-refractivity contribution in [2.24, 2.45) is 0 Å². The number of carbonyl (C=O) groups excluding carboxylic acids is 1. The standard InChI is InChI=1S/C19H19Cl2F2NO4/c1-11(27-15-5-3-4-13(20)17(15)21)18(25)24-9-8-12-6-7-14(26-2)16(10-12)28-19(22)23/h3-7,10-11,19H,8-9H2,1-2H3,(H,24,25). The molecule has 1 amide bonds. The molecule has 1 N–H and O–H groups in total. The van der Waals surface area contributed by atoms with E-state index in [1.165, 1.54) is 19.2 Å². The van der Waals surface area contributed by atoms with Crippen LogP contribution in [0.4, 0.5) is 8.78 Å². The number of amides is 1. The molecule has 9 heteroatoms. The average Bonchev–Trinajstić information content (AvgIpc) is 2.65. The molecule has 0 saturated carbocycles. The quantitative estimate of drug-likeness (QED) is 0.620. The summed E-state index contributed by atoms with van der Waals surface area (Å²) in [6, 6.07) is 9.57. The third-order valence-electron chi connectivity index (χ3n) is 3.75. The minimum Gasteiger partial charge on any atom is -0.493 e. The Morgan fingerprint density at radius 3 is 2.54 bits per heavy atom. The van der Waals surface area contributed by atoms with E-state index in [9.17, 15) is 13.6 Å².